The van der Waals surface area contributed by atoms with Crippen molar-refractivity contribution >= 4 is 9.84 Å². The fourth-order valence-electron chi connectivity index (χ4n) is 1.27. The standard InChI is InChI=1S/C9H21NO3S/c1-3-10(6-4-8-11)7-5-9-14(2,12)13/h11H,3-9H2,1-2H3. The van der Waals surface area contributed by atoms with Crippen molar-refractivity contribution in [2.75, 3.05) is 38.2 Å². The van der Waals surface area contributed by atoms with Crippen LogP contribution in [0.25, 0.3) is 0 Å². The topological polar surface area (TPSA) is 57.6 Å². The van der Waals surface area contributed by atoms with Gasteiger partial charge < -0.3 is 10.0 Å². The molecule has 0 aromatic rings. The number of rotatable bonds is 8. The number of nitrogens with zero attached hydrogens (tertiary/aromatic N) is 1. The van der Waals surface area contributed by atoms with Gasteiger partial charge >= 0.3 is 0 Å². The van der Waals surface area contributed by atoms with E-state index in [9.17, 15) is 8.42 Å². The molecular formula is C9H21NO3S. The van der Waals surface area contributed by atoms with Crippen LogP contribution in [0.3, 0.4) is 0 Å². The van der Waals surface area contributed by atoms with Gasteiger partial charge in [0.05, 0.1) is 5.75 Å². The van der Waals surface area contributed by atoms with Gasteiger partial charge in [-0.25, -0.2) is 8.42 Å². The van der Waals surface area contributed by atoms with Crippen LogP contribution in [0.2, 0.25) is 0 Å². The van der Waals surface area contributed by atoms with Crippen LogP contribution in [-0.4, -0.2) is 56.7 Å². The quantitative estimate of drug-likeness (QED) is 0.635. The highest BCUT2D eigenvalue weighted by molar-refractivity contribution is 7.90. The number of aliphatic hydroxyl groups excluding tert-OH is 1. The molecule has 86 valence electrons. The van der Waals surface area contributed by atoms with Crippen molar-refractivity contribution in [1.82, 2.24) is 4.90 Å². The van der Waals surface area contributed by atoms with E-state index in [1.54, 1.807) is 0 Å². The second kappa shape index (κ2) is 7.20. The van der Waals surface area contributed by atoms with Crippen LogP contribution in [0, 0.1) is 0 Å². The lowest BCUT2D eigenvalue weighted by Crippen LogP contribution is -2.27. The molecule has 0 heterocycles. The molecule has 0 spiro atoms. The first-order valence-electron chi connectivity index (χ1n) is 5.00. The highest BCUT2D eigenvalue weighted by Gasteiger charge is 2.05. The maximum absolute atomic E-state index is 10.9. The summed E-state index contributed by atoms with van der Waals surface area (Å²) in [5, 5.41) is 8.64. The molecule has 0 saturated carbocycles. The highest BCUT2D eigenvalue weighted by atomic mass is 32.2. The van der Waals surface area contributed by atoms with E-state index in [0.717, 1.165) is 26.1 Å². The Balaban J connectivity index is 3.62. The second-order valence-electron chi connectivity index (χ2n) is 3.49. The minimum atomic E-state index is -2.82. The average molecular weight is 223 g/mol. The average Bonchev–Trinajstić information content (AvgIpc) is 2.09. The van der Waals surface area contributed by atoms with E-state index in [1.165, 1.54) is 6.26 Å². The Bertz CT molecular complexity index is 226. The van der Waals surface area contributed by atoms with Gasteiger partial charge in [-0.15, -0.1) is 0 Å². The van der Waals surface area contributed by atoms with Crippen LogP contribution in [-0.2, 0) is 9.84 Å². The maximum Gasteiger partial charge on any atom is 0.147 e. The minimum Gasteiger partial charge on any atom is -0.396 e. The first-order valence-corrected chi connectivity index (χ1v) is 7.06. The van der Waals surface area contributed by atoms with E-state index in [-0.39, 0.29) is 12.4 Å². The molecule has 0 aliphatic heterocycles. The van der Waals surface area contributed by atoms with E-state index in [0.29, 0.717) is 6.42 Å². The van der Waals surface area contributed by atoms with Gasteiger partial charge in [0.1, 0.15) is 9.84 Å². The van der Waals surface area contributed by atoms with Crippen molar-refractivity contribution in [2.45, 2.75) is 19.8 Å². The zero-order valence-corrected chi connectivity index (χ0v) is 9.89. The largest absolute Gasteiger partial charge is 0.396 e. The van der Waals surface area contributed by atoms with Crippen LogP contribution in [0.1, 0.15) is 19.8 Å². The van der Waals surface area contributed by atoms with E-state index in [2.05, 4.69) is 4.90 Å². The van der Waals surface area contributed by atoms with E-state index in [1.807, 2.05) is 6.92 Å². The van der Waals surface area contributed by atoms with Crippen molar-refractivity contribution in [3.8, 4) is 0 Å². The first kappa shape index (κ1) is 13.9. The molecule has 0 radical (unpaired) electrons. The molecule has 0 bridgehead atoms. The molecule has 0 amide bonds. The van der Waals surface area contributed by atoms with Gasteiger partial charge in [-0.3, -0.25) is 0 Å². The molecule has 0 aromatic carbocycles. The zero-order chi connectivity index (χ0) is 11.0. The molecule has 0 rings (SSSR count). The van der Waals surface area contributed by atoms with Crippen LogP contribution in [0.4, 0.5) is 0 Å². The summed E-state index contributed by atoms with van der Waals surface area (Å²) in [7, 11) is -2.82. The van der Waals surface area contributed by atoms with Gasteiger partial charge in [-0.1, -0.05) is 6.92 Å². The predicted molar refractivity (Wildman–Crippen MR) is 58.1 cm³/mol. The molecule has 0 saturated heterocycles. The molecule has 0 aliphatic rings. The molecule has 5 heteroatoms. The lowest BCUT2D eigenvalue weighted by Gasteiger charge is -2.19. The van der Waals surface area contributed by atoms with Gasteiger partial charge in [-0.2, -0.15) is 0 Å². The van der Waals surface area contributed by atoms with Crippen molar-refractivity contribution in [3.63, 3.8) is 0 Å². The normalized spacial score (nSPS) is 12.3. The number of hydrogen-bond donors (Lipinski definition) is 1. The minimum absolute atomic E-state index is 0.197. The molecule has 14 heavy (non-hydrogen) atoms. The molecule has 0 unspecified atom stereocenters. The second-order valence-corrected chi connectivity index (χ2v) is 5.75. The van der Waals surface area contributed by atoms with Crippen molar-refractivity contribution in [1.29, 1.82) is 0 Å². The summed E-state index contributed by atoms with van der Waals surface area (Å²) in [6, 6.07) is 0. The SMILES string of the molecule is CCN(CCCO)CCCS(C)(=O)=O. The number of hydrogen-bond acceptors (Lipinski definition) is 4. The van der Waals surface area contributed by atoms with Gasteiger partial charge in [-0.05, 0) is 25.9 Å². The Morgan fingerprint density at radius 3 is 2.21 bits per heavy atom. The van der Waals surface area contributed by atoms with E-state index in [4.69, 9.17) is 5.11 Å². The summed E-state index contributed by atoms with van der Waals surface area (Å²) in [6.07, 6.45) is 2.70. The van der Waals surface area contributed by atoms with Gasteiger partial charge in [0.25, 0.3) is 0 Å². The third kappa shape index (κ3) is 8.47. The molecule has 0 atom stereocenters. The molecular weight excluding hydrogens is 202 g/mol. The maximum atomic E-state index is 10.9. The van der Waals surface area contributed by atoms with Crippen LogP contribution < -0.4 is 0 Å². The molecule has 4 nitrogen and oxygen atoms in total. The van der Waals surface area contributed by atoms with Crippen molar-refractivity contribution in [2.24, 2.45) is 0 Å². The number of sulfone groups is 1. The highest BCUT2D eigenvalue weighted by Crippen LogP contribution is 1.96. The van der Waals surface area contributed by atoms with Crippen LogP contribution >= 0.6 is 0 Å². The fourth-order valence-corrected chi connectivity index (χ4v) is 1.93. The lowest BCUT2D eigenvalue weighted by molar-refractivity contribution is 0.230. The van der Waals surface area contributed by atoms with Crippen molar-refractivity contribution in [3.05, 3.63) is 0 Å². The Morgan fingerprint density at radius 1 is 1.21 bits per heavy atom. The van der Waals surface area contributed by atoms with Gasteiger partial charge in [0.2, 0.25) is 0 Å². The number of aliphatic hydroxyl groups is 1. The lowest BCUT2D eigenvalue weighted by atomic mass is 10.3. The predicted octanol–water partition coefficient (Wildman–Crippen LogP) is 0.125. The van der Waals surface area contributed by atoms with Crippen LogP contribution in [0.15, 0.2) is 0 Å². The molecule has 0 aromatic heterocycles. The summed E-state index contributed by atoms with van der Waals surface area (Å²) < 4.78 is 21.7. The van der Waals surface area contributed by atoms with Crippen molar-refractivity contribution < 1.29 is 13.5 Å². The van der Waals surface area contributed by atoms with E-state index < -0.39 is 9.84 Å². The first-order chi connectivity index (χ1) is 6.49. The summed E-state index contributed by atoms with van der Waals surface area (Å²) in [5.41, 5.74) is 0. The fraction of sp³-hybridized carbons (Fsp3) is 1.00. The molecule has 0 aliphatic carbocycles. The van der Waals surface area contributed by atoms with Gasteiger partial charge in [0.15, 0.2) is 0 Å². The third-order valence-corrected chi connectivity index (χ3v) is 3.10. The molecule has 1 N–H and O–H groups in total. The van der Waals surface area contributed by atoms with Gasteiger partial charge in [0, 0.05) is 19.4 Å². The smallest absolute Gasteiger partial charge is 0.147 e. The van der Waals surface area contributed by atoms with Crippen LogP contribution in [0.5, 0.6) is 0 Å². The summed E-state index contributed by atoms with van der Waals surface area (Å²) in [5.74, 6) is 0.253. The Kier molecular flexibility index (Phi) is 7.13. The Morgan fingerprint density at radius 2 is 1.79 bits per heavy atom. The summed E-state index contributed by atoms with van der Waals surface area (Å²) in [6.45, 7) is 4.78. The summed E-state index contributed by atoms with van der Waals surface area (Å²) >= 11 is 0. The zero-order valence-electron chi connectivity index (χ0n) is 9.07. The Hall–Kier alpha value is -0.130. The monoisotopic (exact) mass is 223 g/mol. The molecule has 0 fully saturated rings. The van der Waals surface area contributed by atoms with E-state index >= 15 is 0 Å². The summed E-state index contributed by atoms with van der Waals surface area (Å²) in [4.78, 5) is 2.15. The Labute approximate surface area is 86.8 Å². The third-order valence-electron chi connectivity index (χ3n) is 2.07.